The SMILES string of the molecule is COc1ccccc1Cc1csc(-c2cccc3c2nc(O[C@@H]2C[C@H]4C(=O)C[C@]5(C(=O)NS(=O)(=O)N(C)C)C[C@H]5/C=C\CCCCC[C@H](CC(=O)OC(C)(C)C)C(=O)N4C2)n3C(C)C)n1. The number of nitrogens with one attached hydrogen (secondary N) is 1. The second kappa shape index (κ2) is 19.4. The van der Waals surface area contributed by atoms with Crippen molar-refractivity contribution in [2.75, 3.05) is 27.7 Å². The zero-order chi connectivity index (χ0) is 46.8. The molecule has 1 aliphatic carbocycles. The molecular formula is C48H62N6O9S2. The van der Waals surface area contributed by atoms with Crippen LogP contribution < -0.4 is 14.2 Å². The average Bonchev–Trinajstić information content (AvgIpc) is 3.55. The van der Waals surface area contributed by atoms with Crippen LogP contribution in [-0.2, 0) is 40.5 Å². The minimum Gasteiger partial charge on any atom is -0.496 e. The van der Waals surface area contributed by atoms with Gasteiger partial charge in [-0.05, 0) is 84.4 Å². The van der Waals surface area contributed by atoms with Crippen molar-refractivity contribution in [2.45, 2.75) is 123 Å². The molecule has 17 heteroatoms. The molecule has 4 aromatic rings. The van der Waals surface area contributed by atoms with Crippen molar-refractivity contribution >= 4 is 56.1 Å². The Bertz CT molecular complexity index is 2560. The van der Waals surface area contributed by atoms with Gasteiger partial charge in [0.2, 0.25) is 11.8 Å². The summed E-state index contributed by atoms with van der Waals surface area (Å²) in [6.45, 7) is 9.43. The summed E-state index contributed by atoms with van der Waals surface area (Å²) in [5, 5.41) is 2.83. The third kappa shape index (κ3) is 10.8. The van der Waals surface area contributed by atoms with Crippen LogP contribution >= 0.6 is 11.3 Å². The van der Waals surface area contributed by atoms with Gasteiger partial charge in [-0.15, -0.1) is 11.3 Å². The maximum Gasteiger partial charge on any atom is 0.307 e. The Kier molecular flexibility index (Phi) is 14.3. The number of nitrogens with zero attached hydrogens (tertiary/aromatic N) is 5. The zero-order valence-electron chi connectivity index (χ0n) is 38.7. The first-order valence-electron chi connectivity index (χ1n) is 22.5. The number of ether oxygens (including phenoxy) is 3. The van der Waals surface area contributed by atoms with Crippen molar-refractivity contribution in [1.29, 1.82) is 0 Å². The summed E-state index contributed by atoms with van der Waals surface area (Å²) in [4.78, 5) is 68.4. The van der Waals surface area contributed by atoms with Crippen LogP contribution in [0.5, 0.6) is 11.8 Å². The molecule has 2 aromatic carbocycles. The molecule has 350 valence electrons. The van der Waals surface area contributed by atoms with Crippen molar-refractivity contribution in [3.8, 4) is 22.3 Å². The third-order valence-corrected chi connectivity index (χ3v) is 14.8. The maximum atomic E-state index is 14.8. The van der Waals surface area contributed by atoms with Crippen LogP contribution in [0.3, 0.4) is 0 Å². The fourth-order valence-corrected chi connectivity index (χ4v) is 10.5. The number of carbonyl (C=O) groups is 4. The molecule has 4 heterocycles. The lowest BCUT2D eigenvalue weighted by Gasteiger charge is -2.29. The third-order valence-electron chi connectivity index (χ3n) is 12.5. The van der Waals surface area contributed by atoms with Gasteiger partial charge in [-0.3, -0.25) is 23.7 Å². The van der Waals surface area contributed by atoms with E-state index in [-0.39, 0.29) is 55.9 Å². The van der Waals surface area contributed by atoms with Gasteiger partial charge in [-0.2, -0.15) is 17.7 Å². The number of para-hydroxylation sites is 2. The van der Waals surface area contributed by atoms with Gasteiger partial charge in [0.25, 0.3) is 6.01 Å². The molecule has 1 saturated heterocycles. The first-order valence-corrected chi connectivity index (χ1v) is 24.8. The molecule has 2 fully saturated rings. The largest absolute Gasteiger partial charge is 0.496 e. The quantitative estimate of drug-likeness (QED) is 0.110. The minimum atomic E-state index is -4.15. The summed E-state index contributed by atoms with van der Waals surface area (Å²) >= 11 is 1.53. The van der Waals surface area contributed by atoms with Gasteiger partial charge in [-0.1, -0.05) is 49.3 Å². The fourth-order valence-electron chi connectivity index (χ4n) is 9.08. The van der Waals surface area contributed by atoms with E-state index in [2.05, 4.69) is 4.72 Å². The van der Waals surface area contributed by atoms with Crippen molar-refractivity contribution in [1.82, 2.24) is 28.5 Å². The average molecular weight is 931 g/mol. The van der Waals surface area contributed by atoms with Crippen LogP contribution in [0.4, 0.5) is 0 Å². The molecule has 2 aliphatic heterocycles. The van der Waals surface area contributed by atoms with Crippen molar-refractivity contribution in [3.05, 3.63) is 71.3 Å². The molecule has 5 atom stereocenters. The number of methoxy groups -OCH3 is 1. The van der Waals surface area contributed by atoms with Gasteiger partial charge in [0.15, 0.2) is 5.78 Å². The topological polar surface area (TPSA) is 179 Å². The lowest BCUT2D eigenvalue weighted by molar-refractivity contribution is -0.159. The molecule has 0 unspecified atom stereocenters. The summed E-state index contributed by atoms with van der Waals surface area (Å²) in [5.74, 6) is -2.31. The maximum absolute atomic E-state index is 14.8. The number of benzene rings is 2. The van der Waals surface area contributed by atoms with Crippen LogP contribution in [0.2, 0.25) is 0 Å². The normalized spacial score (nSPS) is 23.7. The van der Waals surface area contributed by atoms with E-state index in [1.807, 2.05) is 78.4 Å². The number of ketones is 1. The Hall–Kier alpha value is -5.13. The smallest absolute Gasteiger partial charge is 0.307 e. The highest BCUT2D eigenvalue weighted by Crippen LogP contribution is 2.57. The first-order chi connectivity index (χ1) is 30.8. The molecule has 15 nitrogen and oxygen atoms in total. The Labute approximate surface area is 386 Å². The lowest BCUT2D eigenvalue weighted by atomic mass is 9.90. The number of Topliss-reactive ketones (excluding diaryl/α,β-unsaturated/α-hetero) is 1. The standard InChI is InChI=1S/C48H62N6O9S2/c1-30(2)54-37-21-16-20-36(43-49-34(29-64-43)23-31-17-14-15-22-40(31)61-8)42(37)50-46(54)62-35-25-38-39(55)27-48(45(58)51-65(59,60)52(6)7)26-33(48)19-13-11-9-10-12-18-32(44(57)53(38)28-35)24-41(56)63-47(3,4)5/h13-17,19-22,29-30,32-33,35,38H,9-12,18,23-28H2,1-8H3,(H,51,58)/b19-13-/t32-,33-,35-,38+,48-/m1/s1. The highest BCUT2D eigenvalue weighted by Gasteiger charge is 2.61. The number of carbonyl (C=O) groups excluding carboxylic acids is 4. The number of rotatable bonds is 12. The van der Waals surface area contributed by atoms with Crippen molar-refractivity contribution < 1.29 is 41.8 Å². The van der Waals surface area contributed by atoms with Gasteiger partial charge in [0, 0.05) is 61.8 Å². The van der Waals surface area contributed by atoms with E-state index >= 15 is 0 Å². The van der Waals surface area contributed by atoms with Crippen LogP contribution in [-0.4, -0.2) is 101 Å². The number of imidazole rings is 1. The predicted molar refractivity (Wildman–Crippen MR) is 249 cm³/mol. The van der Waals surface area contributed by atoms with E-state index in [1.54, 1.807) is 27.9 Å². The van der Waals surface area contributed by atoms with Gasteiger partial charge >= 0.3 is 16.2 Å². The molecule has 1 N–H and O–H groups in total. The van der Waals surface area contributed by atoms with E-state index in [4.69, 9.17) is 24.2 Å². The monoisotopic (exact) mass is 930 g/mol. The summed E-state index contributed by atoms with van der Waals surface area (Å²) in [7, 11) is 0.153. The van der Waals surface area contributed by atoms with E-state index in [1.165, 1.54) is 30.3 Å². The van der Waals surface area contributed by atoms with Gasteiger partial charge in [-0.25, -0.2) is 9.71 Å². The second-order valence-corrected chi connectivity index (χ2v) is 21.8. The van der Waals surface area contributed by atoms with Crippen LogP contribution in [0.15, 0.2) is 60.0 Å². The van der Waals surface area contributed by atoms with Gasteiger partial charge < -0.3 is 19.1 Å². The Balaban J connectivity index is 1.21. The van der Waals surface area contributed by atoms with Crippen LogP contribution in [0.25, 0.3) is 21.6 Å². The Morgan fingerprint density at radius 2 is 1.82 bits per heavy atom. The number of esters is 1. The van der Waals surface area contributed by atoms with E-state index in [0.29, 0.717) is 37.2 Å². The molecule has 2 amide bonds. The number of thiazole rings is 1. The number of allylic oxidation sites excluding steroid dienone is 2. The Morgan fingerprint density at radius 3 is 2.54 bits per heavy atom. The number of aromatic nitrogens is 3. The molecule has 0 bridgehead atoms. The molecule has 65 heavy (non-hydrogen) atoms. The van der Waals surface area contributed by atoms with Gasteiger partial charge in [0.05, 0.1) is 42.7 Å². The highest BCUT2D eigenvalue weighted by molar-refractivity contribution is 7.87. The lowest BCUT2D eigenvalue weighted by Crippen LogP contribution is -2.47. The van der Waals surface area contributed by atoms with Crippen LogP contribution in [0, 0.1) is 17.3 Å². The highest BCUT2D eigenvalue weighted by atomic mass is 32.2. The molecule has 3 aliphatic rings. The molecule has 0 radical (unpaired) electrons. The van der Waals surface area contributed by atoms with E-state index in [0.717, 1.165) is 50.2 Å². The number of fused-ring (bicyclic) bond motifs is 3. The number of amides is 2. The summed E-state index contributed by atoms with van der Waals surface area (Å²) in [6, 6.07) is 13.0. The van der Waals surface area contributed by atoms with Gasteiger partial charge in [0.1, 0.15) is 28.0 Å². The van der Waals surface area contributed by atoms with E-state index < -0.39 is 51.2 Å². The Morgan fingerprint density at radius 1 is 1.05 bits per heavy atom. The first kappa shape index (κ1) is 47.8. The van der Waals surface area contributed by atoms with Crippen molar-refractivity contribution in [3.63, 3.8) is 0 Å². The van der Waals surface area contributed by atoms with Crippen molar-refractivity contribution in [2.24, 2.45) is 17.3 Å². The zero-order valence-corrected chi connectivity index (χ0v) is 40.3. The predicted octanol–water partition coefficient (Wildman–Crippen LogP) is 7.44. The molecule has 2 aromatic heterocycles. The fraction of sp³-hybridized carbons (Fsp3) is 0.542. The second-order valence-electron chi connectivity index (χ2n) is 19.0. The van der Waals surface area contributed by atoms with E-state index in [9.17, 15) is 27.6 Å². The molecule has 7 rings (SSSR count). The summed E-state index contributed by atoms with van der Waals surface area (Å²) in [5.41, 5.74) is 2.22. The minimum absolute atomic E-state index is 0.0323. The number of hydrogen-bond acceptors (Lipinski definition) is 12. The molecular weight excluding hydrogens is 869 g/mol. The number of hydrogen-bond donors (Lipinski definition) is 1. The summed E-state index contributed by atoms with van der Waals surface area (Å²) < 4.78 is 48.9. The molecule has 1 saturated carbocycles. The summed E-state index contributed by atoms with van der Waals surface area (Å²) in [6.07, 6.45) is 7.20. The molecule has 0 spiro atoms. The van der Waals surface area contributed by atoms with Crippen LogP contribution in [0.1, 0.15) is 110 Å².